The third-order valence-corrected chi connectivity index (χ3v) is 5.03. The number of hydrogen-bond acceptors (Lipinski definition) is 4. The Morgan fingerprint density at radius 1 is 1.23 bits per heavy atom. The summed E-state index contributed by atoms with van der Waals surface area (Å²) in [5.74, 6) is 1.54. The molecule has 0 aliphatic carbocycles. The van der Waals surface area contributed by atoms with Gasteiger partial charge in [-0.2, -0.15) is 0 Å². The maximum absolute atomic E-state index is 11.9. The van der Waals surface area contributed by atoms with Crippen LogP contribution in [0.15, 0.2) is 53.5 Å². The molecule has 0 saturated carbocycles. The standard InChI is InChI=1S/C23H30N4O3/c1-3-24-23(26-16-21(28)18-6-4-7-20(14-18)30-2)25-15-17-9-11-19(12-10-17)27-13-5-8-22(27)29/h4,6-7,9-12,14,21,28H,3,5,8,13,15-16H2,1-2H3,(H2,24,25,26). The van der Waals surface area contributed by atoms with E-state index in [1.165, 1.54) is 0 Å². The largest absolute Gasteiger partial charge is 0.497 e. The van der Waals surface area contributed by atoms with E-state index in [1.54, 1.807) is 7.11 Å². The Morgan fingerprint density at radius 2 is 2.03 bits per heavy atom. The van der Waals surface area contributed by atoms with Crippen molar-refractivity contribution in [3.8, 4) is 5.75 Å². The molecule has 1 saturated heterocycles. The smallest absolute Gasteiger partial charge is 0.227 e. The van der Waals surface area contributed by atoms with Crippen molar-refractivity contribution >= 4 is 17.6 Å². The van der Waals surface area contributed by atoms with Gasteiger partial charge in [0.15, 0.2) is 5.96 Å². The molecule has 2 aromatic carbocycles. The number of amides is 1. The molecule has 30 heavy (non-hydrogen) atoms. The van der Waals surface area contributed by atoms with E-state index in [4.69, 9.17) is 4.74 Å². The van der Waals surface area contributed by atoms with Gasteiger partial charge in [0.25, 0.3) is 0 Å². The SMILES string of the molecule is CCNC(=NCc1ccc(N2CCCC2=O)cc1)NCC(O)c1cccc(OC)c1. The van der Waals surface area contributed by atoms with Gasteiger partial charge < -0.3 is 25.4 Å². The molecule has 1 aliphatic rings. The predicted octanol–water partition coefficient (Wildman–Crippen LogP) is 2.61. The normalized spacial score (nSPS) is 15.2. The van der Waals surface area contributed by atoms with Gasteiger partial charge >= 0.3 is 0 Å². The zero-order valence-electron chi connectivity index (χ0n) is 17.6. The van der Waals surface area contributed by atoms with Crippen molar-refractivity contribution < 1.29 is 14.6 Å². The number of carbonyl (C=O) groups excluding carboxylic acids is 1. The molecule has 1 aliphatic heterocycles. The maximum atomic E-state index is 11.9. The molecule has 3 rings (SSSR count). The van der Waals surface area contributed by atoms with Gasteiger partial charge in [-0.3, -0.25) is 4.79 Å². The first-order valence-corrected chi connectivity index (χ1v) is 10.3. The fraction of sp³-hybridized carbons (Fsp3) is 0.391. The summed E-state index contributed by atoms with van der Waals surface area (Å²) in [5.41, 5.74) is 2.78. The van der Waals surface area contributed by atoms with Gasteiger partial charge in [0.2, 0.25) is 5.91 Å². The van der Waals surface area contributed by atoms with Crippen LogP contribution in [0.3, 0.4) is 0 Å². The molecule has 7 nitrogen and oxygen atoms in total. The lowest BCUT2D eigenvalue weighted by Gasteiger charge is -2.17. The van der Waals surface area contributed by atoms with Crippen LogP contribution in [0.1, 0.15) is 37.0 Å². The van der Waals surface area contributed by atoms with Gasteiger partial charge in [0.1, 0.15) is 5.75 Å². The molecular formula is C23H30N4O3. The van der Waals surface area contributed by atoms with Crippen LogP contribution in [0, 0.1) is 0 Å². The van der Waals surface area contributed by atoms with Crippen LogP contribution in [0.5, 0.6) is 5.75 Å². The number of hydrogen-bond donors (Lipinski definition) is 3. The Kier molecular flexibility index (Phi) is 7.68. The summed E-state index contributed by atoms with van der Waals surface area (Å²) in [4.78, 5) is 18.3. The van der Waals surface area contributed by atoms with Crippen LogP contribution in [0.2, 0.25) is 0 Å². The Balaban J connectivity index is 1.57. The first kappa shape index (κ1) is 21.6. The number of aliphatic hydroxyl groups excluding tert-OH is 1. The molecule has 1 atom stereocenters. The van der Waals surface area contributed by atoms with Crippen LogP contribution in [-0.4, -0.2) is 43.7 Å². The summed E-state index contributed by atoms with van der Waals surface area (Å²) in [7, 11) is 1.61. The Labute approximate surface area is 177 Å². The second kappa shape index (κ2) is 10.6. The molecule has 1 heterocycles. The number of anilines is 1. The van der Waals surface area contributed by atoms with Gasteiger partial charge in [-0.15, -0.1) is 0 Å². The summed E-state index contributed by atoms with van der Waals surface area (Å²) in [5, 5.41) is 16.8. The van der Waals surface area contributed by atoms with Crippen molar-refractivity contribution in [2.45, 2.75) is 32.4 Å². The van der Waals surface area contributed by atoms with E-state index < -0.39 is 6.10 Å². The van der Waals surface area contributed by atoms with Crippen LogP contribution in [-0.2, 0) is 11.3 Å². The number of rotatable bonds is 8. The molecule has 7 heteroatoms. The Hall–Kier alpha value is -3.06. The van der Waals surface area contributed by atoms with Crippen molar-refractivity contribution in [2.24, 2.45) is 4.99 Å². The fourth-order valence-corrected chi connectivity index (χ4v) is 3.37. The number of methoxy groups -OCH3 is 1. The van der Waals surface area contributed by atoms with Gasteiger partial charge in [0.05, 0.1) is 19.8 Å². The first-order chi connectivity index (χ1) is 14.6. The number of nitrogens with zero attached hydrogens (tertiary/aromatic N) is 2. The molecule has 2 aromatic rings. The molecule has 0 radical (unpaired) electrons. The van der Waals surface area contributed by atoms with E-state index in [0.29, 0.717) is 31.2 Å². The average molecular weight is 411 g/mol. The third kappa shape index (κ3) is 5.73. The Bertz CT molecular complexity index is 867. The Morgan fingerprint density at radius 3 is 2.70 bits per heavy atom. The highest BCUT2D eigenvalue weighted by atomic mass is 16.5. The van der Waals surface area contributed by atoms with Crippen LogP contribution in [0.4, 0.5) is 5.69 Å². The molecule has 0 aromatic heterocycles. The van der Waals surface area contributed by atoms with Crippen LogP contribution >= 0.6 is 0 Å². The predicted molar refractivity (Wildman–Crippen MR) is 119 cm³/mol. The zero-order chi connectivity index (χ0) is 21.3. The third-order valence-electron chi connectivity index (χ3n) is 5.03. The number of aliphatic imine (C=N–C) groups is 1. The van der Waals surface area contributed by atoms with E-state index in [9.17, 15) is 9.90 Å². The molecule has 0 spiro atoms. The van der Waals surface area contributed by atoms with E-state index in [-0.39, 0.29) is 5.91 Å². The molecule has 3 N–H and O–H groups in total. The van der Waals surface area contributed by atoms with Crippen LogP contribution in [0.25, 0.3) is 0 Å². The fourth-order valence-electron chi connectivity index (χ4n) is 3.37. The summed E-state index contributed by atoms with van der Waals surface area (Å²) >= 11 is 0. The van der Waals surface area contributed by atoms with Gasteiger partial charge in [-0.1, -0.05) is 24.3 Å². The number of aliphatic hydroxyl groups is 1. The highest BCUT2D eigenvalue weighted by Crippen LogP contribution is 2.22. The van der Waals surface area contributed by atoms with Gasteiger partial charge in [-0.25, -0.2) is 4.99 Å². The molecule has 0 bridgehead atoms. The second-order valence-electron chi connectivity index (χ2n) is 7.18. The van der Waals surface area contributed by atoms with E-state index in [1.807, 2.05) is 60.4 Å². The summed E-state index contributed by atoms with van der Waals surface area (Å²) in [6.07, 6.45) is 0.872. The molecule has 1 unspecified atom stereocenters. The molecular weight excluding hydrogens is 380 g/mol. The summed E-state index contributed by atoms with van der Waals surface area (Å²) in [6.45, 7) is 4.34. The van der Waals surface area contributed by atoms with E-state index in [0.717, 1.165) is 36.3 Å². The van der Waals surface area contributed by atoms with Crippen molar-refractivity contribution in [3.63, 3.8) is 0 Å². The van der Waals surface area contributed by atoms with Crippen molar-refractivity contribution in [2.75, 3.05) is 31.6 Å². The second-order valence-corrected chi connectivity index (χ2v) is 7.18. The topological polar surface area (TPSA) is 86.2 Å². The summed E-state index contributed by atoms with van der Waals surface area (Å²) < 4.78 is 5.21. The number of guanidine groups is 1. The minimum atomic E-state index is -0.679. The maximum Gasteiger partial charge on any atom is 0.227 e. The van der Waals surface area contributed by atoms with Gasteiger partial charge in [-0.05, 0) is 48.7 Å². The lowest BCUT2D eigenvalue weighted by atomic mass is 10.1. The molecule has 160 valence electrons. The average Bonchev–Trinajstić information content (AvgIpc) is 3.21. The zero-order valence-corrected chi connectivity index (χ0v) is 17.6. The minimum Gasteiger partial charge on any atom is -0.497 e. The monoisotopic (exact) mass is 410 g/mol. The lowest BCUT2D eigenvalue weighted by molar-refractivity contribution is -0.117. The molecule has 1 fully saturated rings. The number of ether oxygens (including phenoxy) is 1. The van der Waals surface area contributed by atoms with Crippen molar-refractivity contribution in [1.82, 2.24) is 10.6 Å². The number of carbonyl (C=O) groups is 1. The summed E-state index contributed by atoms with van der Waals surface area (Å²) in [6, 6.07) is 15.3. The van der Waals surface area contributed by atoms with Crippen molar-refractivity contribution in [1.29, 1.82) is 0 Å². The first-order valence-electron chi connectivity index (χ1n) is 10.3. The van der Waals surface area contributed by atoms with Crippen molar-refractivity contribution in [3.05, 3.63) is 59.7 Å². The lowest BCUT2D eigenvalue weighted by Crippen LogP contribution is -2.39. The van der Waals surface area contributed by atoms with Gasteiger partial charge in [0, 0.05) is 31.7 Å². The number of benzene rings is 2. The highest BCUT2D eigenvalue weighted by Gasteiger charge is 2.21. The quantitative estimate of drug-likeness (QED) is 0.460. The van der Waals surface area contributed by atoms with E-state index in [2.05, 4.69) is 15.6 Å². The van der Waals surface area contributed by atoms with Crippen LogP contribution < -0.4 is 20.3 Å². The minimum absolute atomic E-state index is 0.189. The number of nitrogens with one attached hydrogen (secondary N) is 2. The van der Waals surface area contributed by atoms with E-state index >= 15 is 0 Å². The molecule has 1 amide bonds. The highest BCUT2D eigenvalue weighted by molar-refractivity contribution is 5.95.